The van der Waals surface area contributed by atoms with Gasteiger partial charge < -0.3 is 10.2 Å². The van der Waals surface area contributed by atoms with E-state index in [9.17, 15) is 4.79 Å². The molecule has 0 aromatic carbocycles. The predicted octanol–water partition coefficient (Wildman–Crippen LogP) is 2.17. The Balaban J connectivity index is 1.90. The molecule has 1 aliphatic heterocycles. The first-order valence-corrected chi connectivity index (χ1v) is 6.99. The molecule has 2 rings (SSSR count). The zero-order valence-electron chi connectivity index (χ0n) is 11.5. The van der Waals surface area contributed by atoms with Crippen LogP contribution in [0.15, 0.2) is 0 Å². The topological polar surface area (TPSA) is 32.3 Å². The Hall–Kier alpha value is -0.570. The zero-order valence-corrected chi connectivity index (χ0v) is 11.5. The number of likely N-dealkylation sites (N-methyl/N-ethyl adjacent to an activating group) is 1. The average Bonchev–Trinajstić information content (AvgIpc) is 2.26. The van der Waals surface area contributed by atoms with Crippen LogP contribution in [-0.4, -0.2) is 36.5 Å². The van der Waals surface area contributed by atoms with Gasteiger partial charge in [0, 0.05) is 32.1 Å². The fourth-order valence-electron chi connectivity index (χ4n) is 3.24. The number of nitrogens with zero attached hydrogens (tertiary/aromatic N) is 1. The summed E-state index contributed by atoms with van der Waals surface area (Å²) in [4.78, 5) is 13.3. The zero-order chi connectivity index (χ0) is 12.5. The lowest BCUT2D eigenvalue weighted by Crippen LogP contribution is -2.54. The molecule has 0 aromatic rings. The molecule has 3 heteroatoms. The van der Waals surface area contributed by atoms with Gasteiger partial charge in [-0.05, 0) is 24.7 Å². The second kappa shape index (κ2) is 4.97. The molecule has 0 bridgehead atoms. The van der Waals surface area contributed by atoms with Gasteiger partial charge in [0.2, 0.25) is 5.91 Å². The SMILES string of the molecule is CN1CC(NC2CCCCC2(C)C)CCC1=O. The first-order valence-electron chi connectivity index (χ1n) is 6.99. The number of piperidine rings is 1. The number of amides is 1. The molecule has 17 heavy (non-hydrogen) atoms. The average molecular weight is 238 g/mol. The minimum Gasteiger partial charge on any atom is -0.344 e. The van der Waals surface area contributed by atoms with E-state index < -0.39 is 0 Å². The molecule has 2 aliphatic rings. The highest BCUT2D eigenvalue weighted by Gasteiger charge is 2.34. The van der Waals surface area contributed by atoms with Gasteiger partial charge in [-0.1, -0.05) is 26.7 Å². The molecular formula is C14H26N2O. The third kappa shape index (κ3) is 3.01. The highest BCUT2D eigenvalue weighted by molar-refractivity contribution is 5.76. The number of carbonyl (C=O) groups is 1. The monoisotopic (exact) mass is 238 g/mol. The van der Waals surface area contributed by atoms with Crippen LogP contribution in [0.5, 0.6) is 0 Å². The van der Waals surface area contributed by atoms with Crippen LogP contribution in [0.2, 0.25) is 0 Å². The van der Waals surface area contributed by atoms with Crippen molar-refractivity contribution in [2.24, 2.45) is 5.41 Å². The molecule has 0 spiro atoms. The van der Waals surface area contributed by atoms with Gasteiger partial charge in [0.1, 0.15) is 0 Å². The summed E-state index contributed by atoms with van der Waals surface area (Å²) >= 11 is 0. The van der Waals surface area contributed by atoms with Crippen LogP contribution in [0, 0.1) is 5.41 Å². The highest BCUT2D eigenvalue weighted by atomic mass is 16.2. The van der Waals surface area contributed by atoms with Gasteiger partial charge in [-0.2, -0.15) is 0 Å². The minimum atomic E-state index is 0.297. The van der Waals surface area contributed by atoms with Crippen molar-refractivity contribution < 1.29 is 4.79 Å². The van der Waals surface area contributed by atoms with Crippen LogP contribution >= 0.6 is 0 Å². The van der Waals surface area contributed by atoms with Crippen LogP contribution in [0.1, 0.15) is 52.4 Å². The second-order valence-electron chi connectivity index (χ2n) is 6.46. The molecule has 3 nitrogen and oxygen atoms in total. The molecule has 1 saturated carbocycles. The van der Waals surface area contributed by atoms with Gasteiger partial charge in [-0.15, -0.1) is 0 Å². The summed E-state index contributed by atoms with van der Waals surface area (Å²) in [5.41, 5.74) is 0.415. The molecule has 0 aromatic heterocycles. The number of rotatable bonds is 2. The molecule has 98 valence electrons. The van der Waals surface area contributed by atoms with E-state index in [1.54, 1.807) is 0 Å². The summed E-state index contributed by atoms with van der Waals surface area (Å²) in [5.74, 6) is 0.297. The van der Waals surface area contributed by atoms with Crippen molar-refractivity contribution in [3.05, 3.63) is 0 Å². The van der Waals surface area contributed by atoms with Crippen molar-refractivity contribution in [3.63, 3.8) is 0 Å². The van der Waals surface area contributed by atoms with Crippen LogP contribution in [0.4, 0.5) is 0 Å². The van der Waals surface area contributed by atoms with Gasteiger partial charge in [0.25, 0.3) is 0 Å². The smallest absolute Gasteiger partial charge is 0.222 e. The highest BCUT2D eigenvalue weighted by Crippen LogP contribution is 2.36. The number of hydrogen-bond donors (Lipinski definition) is 1. The van der Waals surface area contributed by atoms with Crippen molar-refractivity contribution in [1.82, 2.24) is 10.2 Å². The lowest BCUT2D eigenvalue weighted by Gasteiger charge is -2.43. The Morgan fingerprint density at radius 3 is 2.71 bits per heavy atom. The predicted molar refractivity (Wildman–Crippen MR) is 69.8 cm³/mol. The molecule has 2 unspecified atom stereocenters. The molecule has 2 fully saturated rings. The summed E-state index contributed by atoms with van der Waals surface area (Å²) in [7, 11) is 1.92. The molecular weight excluding hydrogens is 212 g/mol. The maximum Gasteiger partial charge on any atom is 0.222 e. The Labute approximate surface area is 105 Å². The van der Waals surface area contributed by atoms with E-state index >= 15 is 0 Å². The van der Waals surface area contributed by atoms with E-state index in [-0.39, 0.29) is 0 Å². The lowest BCUT2D eigenvalue weighted by atomic mass is 9.73. The second-order valence-corrected chi connectivity index (χ2v) is 6.46. The largest absolute Gasteiger partial charge is 0.344 e. The first-order chi connectivity index (χ1) is 7.99. The Morgan fingerprint density at radius 2 is 2.06 bits per heavy atom. The van der Waals surface area contributed by atoms with Crippen molar-refractivity contribution in [3.8, 4) is 0 Å². The van der Waals surface area contributed by atoms with E-state index in [1.807, 2.05) is 11.9 Å². The summed E-state index contributed by atoms with van der Waals surface area (Å²) in [6.07, 6.45) is 7.06. The van der Waals surface area contributed by atoms with Crippen LogP contribution in [0.3, 0.4) is 0 Å². The Morgan fingerprint density at radius 1 is 1.29 bits per heavy atom. The third-order valence-electron chi connectivity index (χ3n) is 4.57. The first kappa shape index (κ1) is 12.9. The molecule has 1 heterocycles. The quantitative estimate of drug-likeness (QED) is 0.799. The molecule has 1 saturated heterocycles. The normalized spacial score (nSPS) is 33.8. The number of likely N-dealkylation sites (tertiary alicyclic amines) is 1. The molecule has 2 atom stereocenters. The van der Waals surface area contributed by atoms with Crippen molar-refractivity contribution in [2.45, 2.75) is 64.5 Å². The van der Waals surface area contributed by atoms with Gasteiger partial charge in [0.15, 0.2) is 0 Å². The molecule has 0 radical (unpaired) electrons. The standard InChI is InChI=1S/C14H26N2O/c1-14(2)9-5-4-6-12(14)15-11-7-8-13(17)16(3)10-11/h11-12,15H,4-10H2,1-3H3. The Kier molecular flexibility index (Phi) is 3.76. The van der Waals surface area contributed by atoms with E-state index in [2.05, 4.69) is 19.2 Å². The summed E-state index contributed by atoms with van der Waals surface area (Å²) in [5, 5.41) is 3.81. The molecule has 1 N–H and O–H groups in total. The van der Waals surface area contributed by atoms with Crippen molar-refractivity contribution >= 4 is 5.91 Å². The molecule has 1 aliphatic carbocycles. The molecule has 1 amide bonds. The minimum absolute atomic E-state index is 0.297. The van der Waals surface area contributed by atoms with Crippen molar-refractivity contribution in [2.75, 3.05) is 13.6 Å². The van der Waals surface area contributed by atoms with Gasteiger partial charge in [-0.3, -0.25) is 4.79 Å². The Bertz CT molecular complexity index is 288. The summed E-state index contributed by atoms with van der Waals surface area (Å²) in [6, 6.07) is 1.13. The number of nitrogens with one attached hydrogen (secondary N) is 1. The maximum atomic E-state index is 11.5. The van der Waals surface area contributed by atoms with E-state index in [4.69, 9.17) is 0 Å². The van der Waals surface area contributed by atoms with Crippen molar-refractivity contribution in [1.29, 1.82) is 0 Å². The van der Waals surface area contributed by atoms with Crippen LogP contribution in [-0.2, 0) is 4.79 Å². The maximum absolute atomic E-state index is 11.5. The van der Waals surface area contributed by atoms with E-state index in [1.165, 1.54) is 25.7 Å². The van der Waals surface area contributed by atoms with E-state index in [0.29, 0.717) is 29.8 Å². The number of carbonyl (C=O) groups excluding carboxylic acids is 1. The fourth-order valence-corrected chi connectivity index (χ4v) is 3.24. The van der Waals surface area contributed by atoms with Crippen LogP contribution < -0.4 is 5.32 Å². The third-order valence-corrected chi connectivity index (χ3v) is 4.57. The van der Waals surface area contributed by atoms with Gasteiger partial charge in [-0.25, -0.2) is 0 Å². The summed E-state index contributed by atoms with van der Waals surface area (Å²) < 4.78 is 0. The van der Waals surface area contributed by atoms with Gasteiger partial charge in [0.05, 0.1) is 0 Å². The number of hydrogen-bond acceptors (Lipinski definition) is 2. The lowest BCUT2D eigenvalue weighted by molar-refractivity contribution is -0.132. The summed E-state index contributed by atoms with van der Waals surface area (Å²) in [6.45, 7) is 5.63. The van der Waals surface area contributed by atoms with Gasteiger partial charge >= 0.3 is 0 Å². The fraction of sp³-hybridized carbons (Fsp3) is 0.929. The van der Waals surface area contributed by atoms with Crippen LogP contribution in [0.25, 0.3) is 0 Å². The van der Waals surface area contributed by atoms with E-state index in [0.717, 1.165) is 13.0 Å².